The average molecular weight is 608 g/mol. The van der Waals surface area contributed by atoms with Gasteiger partial charge in [0.25, 0.3) is 0 Å². The molecule has 0 bridgehead atoms. The Hall–Kier alpha value is -4.70. The van der Waals surface area contributed by atoms with Crippen molar-refractivity contribution in [1.29, 1.82) is 0 Å². The molecule has 1 aliphatic rings. The highest BCUT2D eigenvalue weighted by Crippen LogP contribution is 2.29. The van der Waals surface area contributed by atoms with Crippen molar-refractivity contribution in [1.82, 2.24) is 29.7 Å². The van der Waals surface area contributed by atoms with Gasteiger partial charge in [-0.05, 0) is 75.3 Å². The van der Waals surface area contributed by atoms with Crippen LogP contribution >= 0.6 is 0 Å². The first kappa shape index (κ1) is 30.3. The number of imidazole rings is 2. The number of amides is 1. The van der Waals surface area contributed by atoms with E-state index >= 15 is 0 Å². The normalized spacial score (nSPS) is 14.6. The smallest absolute Gasteiger partial charge is 0.223 e. The number of likely N-dealkylation sites (N-methyl/N-ethyl adjacent to an activating group) is 1. The summed E-state index contributed by atoms with van der Waals surface area (Å²) < 4.78 is 5.98. The molecule has 0 radical (unpaired) electrons. The monoisotopic (exact) mass is 607 g/mol. The summed E-state index contributed by atoms with van der Waals surface area (Å²) in [4.78, 5) is 46.9. The Morgan fingerprint density at radius 1 is 0.956 bits per heavy atom. The molecular formula is C35H41N7O3. The van der Waals surface area contributed by atoms with E-state index in [9.17, 15) is 9.59 Å². The molecule has 1 amide bonds. The number of ether oxygens (including phenoxy) is 1. The molecule has 0 saturated carbocycles. The van der Waals surface area contributed by atoms with Gasteiger partial charge in [-0.2, -0.15) is 0 Å². The van der Waals surface area contributed by atoms with Crippen LogP contribution in [-0.2, 0) is 9.59 Å². The quantitative estimate of drug-likeness (QED) is 0.142. The Morgan fingerprint density at radius 3 is 2.36 bits per heavy atom. The van der Waals surface area contributed by atoms with Crippen LogP contribution < -0.4 is 9.64 Å². The number of H-pyrrole nitrogens is 2. The van der Waals surface area contributed by atoms with Crippen LogP contribution in [-0.4, -0.2) is 94.3 Å². The van der Waals surface area contributed by atoms with Crippen molar-refractivity contribution in [2.75, 3.05) is 51.3 Å². The molecule has 6 rings (SSSR count). The van der Waals surface area contributed by atoms with E-state index in [0.717, 1.165) is 83.7 Å². The van der Waals surface area contributed by atoms with E-state index in [-0.39, 0.29) is 5.91 Å². The summed E-state index contributed by atoms with van der Waals surface area (Å²) in [5.74, 6) is 2.27. The van der Waals surface area contributed by atoms with Gasteiger partial charge in [0.05, 0.1) is 34.7 Å². The SMILES string of the molecule is CCCN(C(=O)CCCOc1cccc(-c2nc3ccc(-c4nc5ccc(N6CCN(C)CC6)cc5[nH]4)cc3[nH]2)c1)[C@H](C)C=O. The lowest BCUT2D eigenvalue weighted by atomic mass is 10.2. The second-order valence-corrected chi connectivity index (χ2v) is 11.8. The van der Waals surface area contributed by atoms with Crippen LogP contribution in [0.25, 0.3) is 44.8 Å². The second-order valence-electron chi connectivity index (χ2n) is 11.8. The number of carbonyl (C=O) groups is 2. The Bertz CT molecular complexity index is 1790. The van der Waals surface area contributed by atoms with Crippen LogP contribution in [0.1, 0.15) is 33.1 Å². The number of aldehydes is 1. The molecule has 10 nitrogen and oxygen atoms in total. The Kier molecular flexibility index (Phi) is 9.11. The molecule has 0 unspecified atom stereocenters. The van der Waals surface area contributed by atoms with Crippen molar-refractivity contribution in [2.24, 2.45) is 0 Å². The minimum Gasteiger partial charge on any atom is -0.494 e. The predicted octanol–water partition coefficient (Wildman–Crippen LogP) is 5.51. The number of anilines is 1. The van der Waals surface area contributed by atoms with Gasteiger partial charge in [-0.15, -0.1) is 0 Å². The molecule has 0 spiro atoms. The first-order valence-electron chi connectivity index (χ1n) is 15.8. The molecule has 0 aliphatic carbocycles. The number of benzene rings is 3. The molecule has 5 aromatic rings. The summed E-state index contributed by atoms with van der Waals surface area (Å²) >= 11 is 0. The van der Waals surface area contributed by atoms with Crippen LogP contribution in [0.3, 0.4) is 0 Å². The molecule has 1 saturated heterocycles. The Labute approximate surface area is 263 Å². The summed E-state index contributed by atoms with van der Waals surface area (Å²) in [6, 6.07) is 20.0. The average Bonchev–Trinajstić information content (AvgIpc) is 3.69. The number of nitrogens with zero attached hydrogens (tertiary/aromatic N) is 5. The van der Waals surface area contributed by atoms with Gasteiger partial charge < -0.3 is 34.2 Å². The van der Waals surface area contributed by atoms with Crippen molar-refractivity contribution >= 4 is 39.9 Å². The number of hydrogen-bond donors (Lipinski definition) is 2. The minimum absolute atomic E-state index is 0.0199. The van der Waals surface area contributed by atoms with Crippen LogP contribution in [0, 0.1) is 0 Å². The van der Waals surface area contributed by atoms with Gasteiger partial charge in [-0.25, -0.2) is 9.97 Å². The van der Waals surface area contributed by atoms with Gasteiger partial charge in [0.15, 0.2) is 0 Å². The maximum atomic E-state index is 12.6. The summed E-state index contributed by atoms with van der Waals surface area (Å²) in [6.45, 7) is 8.93. The second kappa shape index (κ2) is 13.5. The number of piperazine rings is 1. The van der Waals surface area contributed by atoms with Crippen molar-refractivity contribution in [3.05, 3.63) is 60.7 Å². The number of nitrogens with one attached hydrogen (secondary N) is 2. The Morgan fingerprint density at radius 2 is 1.64 bits per heavy atom. The van der Waals surface area contributed by atoms with E-state index in [2.05, 4.69) is 51.1 Å². The maximum Gasteiger partial charge on any atom is 0.223 e. The lowest BCUT2D eigenvalue weighted by molar-refractivity contribution is -0.136. The summed E-state index contributed by atoms with van der Waals surface area (Å²) in [5.41, 5.74) is 6.89. The minimum atomic E-state index is -0.408. The van der Waals surface area contributed by atoms with Crippen molar-refractivity contribution in [3.8, 4) is 28.5 Å². The third-order valence-electron chi connectivity index (χ3n) is 8.47. The van der Waals surface area contributed by atoms with E-state index in [0.29, 0.717) is 31.7 Å². The summed E-state index contributed by atoms with van der Waals surface area (Å²) in [5, 5.41) is 0. The van der Waals surface area contributed by atoms with Crippen LogP contribution in [0.2, 0.25) is 0 Å². The first-order valence-corrected chi connectivity index (χ1v) is 15.8. The zero-order chi connectivity index (χ0) is 31.3. The van der Waals surface area contributed by atoms with Gasteiger partial charge in [-0.3, -0.25) is 4.79 Å². The topological polar surface area (TPSA) is 110 Å². The largest absolute Gasteiger partial charge is 0.494 e. The molecule has 1 atom stereocenters. The van der Waals surface area contributed by atoms with Gasteiger partial charge >= 0.3 is 0 Å². The zero-order valence-electron chi connectivity index (χ0n) is 26.3. The van der Waals surface area contributed by atoms with E-state index in [4.69, 9.17) is 14.7 Å². The Balaban J connectivity index is 1.12. The lowest BCUT2D eigenvalue weighted by Crippen LogP contribution is -2.44. The number of aromatic nitrogens is 4. The standard InChI is InChI=1S/C35H41N7O3/c1-4-14-42(24(2)23-43)33(44)9-6-19-45-28-8-5-7-25(20-28)34-36-29-12-10-26(21-31(29)38-34)35-37-30-13-11-27(22-32(30)39-35)41-17-15-40(3)16-18-41/h5,7-8,10-13,20-24H,4,6,9,14-19H2,1-3H3,(H,36,38)(H,37,39)/t24-/m1/s1. The maximum absolute atomic E-state index is 12.6. The molecule has 1 aliphatic heterocycles. The highest BCUT2D eigenvalue weighted by atomic mass is 16.5. The van der Waals surface area contributed by atoms with E-state index in [1.807, 2.05) is 43.3 Å². The zero-order valence-corrected chi connectivity index (χ0v) is 26.3. The van der Waals surface area contributed by atoms with Gasteiger partial charge in [0.1, 0.15) is 23.7 Å². The van der Waals surface area contributed by atoms with Gasteiger partial charge in [-0.1, -0.05) is 19.1 Å². The molecule has 234 valence electrons. The molecule has 3 aromatic carbocycles. The molecule has 3 heterocycles. The number of rotatable bonds is 12. The van der Waals surface area contributed by atoms with Gasteiger partial charge in [0.2, 0.25) is 5.91 Å². The van der Waals surface area contributed by atoms with E-state index in [1.165, 1.54) is 5.69 Å². The first-order chi connectivity index (χ1) is 21.9. The molecule has 2 aromatic heterocycles. The van der Waals surface area contributed by atoms with Crippen LogP contribution in [0.15, 0.2) is 60.7 Å². The molecule has 10 heteroatoms. The third kappa shape index (κ3) is 6.86. The molecule has 2 N–H and O–H groups in total. The summed E-state index contributed by atoms with van der Waals surface area (Å²) in [7, 11) is 2.17. The number of fused-ring (bicyclic) bond motifs is 2. The number of carbonyl (C=O) groups excluding carboxylic acids is 2. The van der Waals surface area contributed by atoms with Crippen molar-refractivity contribution < 1.29 is 14.3 Å². The molecule has 45 heavy (non-hydrogen) atoms. The third-order valence-corrected chi connectivity index (χ3v) is 8.47. The lowest BCUT2D eigenvalue weighted by Gasteiger charge is -2.34. The van der Waals surface area contributed by atoms with Crippen molar-refractivity contribution in [2.45, 2.75) is 39.2 Å². The molecule has 1 fully saturated rings. The molecular weight excluding hydrogens is 566 g/mol. The van der Waals surface area contributed by atoms with Gasteiger partial charge in [0, 0.05) is 56.0 Å². The number of aromatic amines is 2. The fourth-order valence-corrected chi connectivity index (χ4v) is 5.85. The van der Waals surface area contributed by atoms with E-state index in [1.54, 1.807) is 11.8 Å². The van der Waals surface area contributed by atoms with E-state index < -0.39 is 6.04 Å². The predicted molar refractivity (Wildman–Crippen MR) is 179 cm³/mol. The fraction of sp³-hybridized carbons (Fsp3) is 0.371. The highest BCUT2D eigenvalue weighted by Gasteiger charge is 2.19. The van der Waals surface area contributed by atoms with Crippen LogP contribution in [0.4, 0.5) is 5.69 Å². The fourth-order valence-electron chi connectivity index (χ4n) is 5.85. The number of hydrogen-bond acceptors (Lipinski definition) is 7. The van der Waals surface area contributed by atoms with Crippen LogP contribution in [0.5, 0.6) is 5.75 Å². The highest BCUT2D eigenvalue weighted by molar-refractivity contribution is 5.87. The summed E-state index contributed by atoms with van der Waals surface area (Å²) in [6.07, 6.45) is 2.54. The van der Waals surface area contributed by atoms with Crippen molar-refractivity contribution in [3.63, 3.8) is 0 Å².